The van der Waals surface area contributed by atoms with Gasteiger partial charge in [0.05, 0.1) is 15.8 Å². The van der Waals surface area contributed by atoms with Crippen LogP contribution in [0.2, 0.25) is 5.02 Å². The van der Waals surface area contributed by atoms with Gasteiger partial charge in [-0.05, 0) is 76.4 Å². The Kier molecular flexibility index (Phi) is 7.39. The minimum Gasteiger partial charge on any atom is -0.486 e. The van der Waals surface area contributed by atoms with Gasteiger partial charge in [-0.15, -0.1) is 0 Å². The second-order valence-corrected chi connectivity index (χ2v) is 12.7. The number of aromatic nitrogens is 2. The average molecular weight is 558 g/mol. The number of anilines is 3. The number of nitrogen functional groups attached to an aromatic ring is 1. The van der Waals surface area contributed by atoms with Crippen LogP contribution in [0.4, 0.5) is 17.5 Å². The average Bonchev–Trinajstić information content (AvgIpc) is 2.91. The van der Waals surface area contributed by atoms with E-state index >= 15 is 0 Å². The lowest BCUT2D eigenvalue weighted by atomic mass is 9.85. The molecule has 0 saturated carbocycles. The molecule has 0 radical (unpaired) electrons. The van der Waals surface area contributed by atoms with Crippen LogP contribution in [0.1, 0.15) is 43.7 Å². The topological polar surface area (TPSA) is 128 Å². The van der Waals surface area contributed by atoms with Gasteiger partial charge >= 0.3 is 0 Å². The highest BCUT2D eigenvalue weighted by Crippen LogP contribution is 2.49. The maximum absolute atomic E-state index is 13.0. The molecular formula is C27H32ClN5O4S. The fourth-order valence-electron chi connectivity index (χ4n) is 5.04. The van der Waals surface area contributed by atoms with E-state index in [0.717, 1.165) is 42.8 Å². The number of hydrogen-bond acceptors (Lipinski definition) is 9. The molecule has 0 spiro atoms. The van der Waals surface area contributed by atoms with Gasteiger partial charge in [0.2, 0.25) is 5.95 Å². The third kappa shape index (κ3) is 4.88. The Morgan fingerprint density at radius 1 is 1.11 bits per heavy atom. The summed E-state index contributed by atoms with van der Waals surface area (Å²) in [5.41, 5.74) is 9.84. The Labute approximate surface area is 228 Å². The zero-order valence-electron chi connectivity index (χ0n) is 21.7. The summed E-state index contributed by atoms with van der Waals surface area (Å²) in [6, 6.07) is 8.66. The van der Waals surface area contributed by atoms with Crippen molar-refractivity contribution in [2.24, 2.45) is 0 Å². The van der Waals surface area contributed by atoms with Crippen molar-refractivity contribution in [3.05, 3.63) is 46.5 Å². The van der Waals surface area contributed by atoms with Crippen LogP contribution in [-0.2, 0) is 9.84 Å². The number of nitrogens with two attached hydrogens (primary N) is 1. The minimum absolute atomic E-state index is 0.0638. The Hall–Kier alpha value is -3.08. The van der Waals surface area contributed by atoms with E-state index in [4.69, 9.17) is 26.8 Å². The minimum atomic E-state index is -3.56. The Bertz CT molecular complexity index is 1470. The van der Waals surface area contributed by atoms with Crippen molar-refractivity contribution in [3.8, 4) is 22.8 Å². The standard InChI is InChI=1S/C27H32ClN5O4S/c1-15(2)38(34,35)20-7-5-4-6-19(20)31-27-32-23(22(28)26(29)33-27)18-14-16(3)21(17-8-10-30-11-9-17)25-24(18)36-12-13-37-25/h4-7,14-15,17,30H,8-13H2,1-3H3,(H3,29,31,32,33). The molecule has 1 saturated heterocycles. The first kappa shape index (κ1) is 26.5. The number of sulfone groups is 1. The SMILES string of the molecule is Cc1cc(-c2nc(Nc3ccccc3S(=O)(=O)C(C)C)nc(N)c2Cl)c2c(c1C1CCNCC1)OCCO2. The number of fused-ring (bicyclic) bond motifs is 1. The van der Waals surface area contributed by atoms with Gasteiger partial charge in [0.25, 0.3) is 0 Å². The predicted octanol–water partition coefficient (Wildman–Crippen LogP) is 4.85. The number of benzene rings is 2. The van der Waals surface area contributed by atoms with E-state index in [2.05, 4.69) is 27.5 Å². The molecule has 9 nitrogen and oxygen atoms in total. The van der Waals surface area contributed by atoms with Gasteiger partial charge in [-0.1, -0.05) is 23.7 Å². The Morgan fingerprint density at radius 3 is 2.50 bits per heavy atom. The summed E-state index contributed by atoms with van der Waals surface area (Å²) in [4.78, 5) is 9.14. The first-order chi connectivity index (χ1) is 18.2. The molecule has 2 aliphatic heterocycles. The Balaban J connectivity index is 1.61. The van der Waals surface area contributed by atoms with E-state index in [-0.39, 0.29) is 21.7 Å². The van der Waals surface area contributed by atoms with Crippen molar-refractivity contribution in [3.63, 3.8) is 0 Å². The van der Waals surface area contributed by atoms with Crippen LogP contribution in [0.25, 0.3) is 11.3 Å². The van der Waals surface area contributed by atoms with E-state index in [1.807, 2.05) is 6.07 Å². The number of para-hydroxylation sites is 1. The van der Waals surface area contributed by atoms with E-state index in [1.54, 1.807) is 38.1 Å². The van der Waals surface area contributed by atoms with Crippen LogP contribution in [0.5, 0.6) is 11.5 Å². The molecule has 0 aliphatic carbocycles. The van der Waals surface area contributed by atoms with Crippen LogP contribution in [-0.4, -0.2) is 49.9 Å². The van der Waals surface area contributed by atoms with Crippen molar-refractivity contribution in [1.82, 2.24) is 15.3 Å². The van der Waals surface area contributed by atoms with Gasteiger partial charge in [0.15, 0.2) is 21.3 Å². The highest BCUT2D eigenvalue weighted by Gasteiger charge is 2.30. The van der Waals surface area contributed by atoms with Crippen LogP contribution >= 0.6 is 11.6 Å². The predicted molar refractivity (Wildman–Crippen MR) is 150 cm³/mol. The lowest BCUT2D eigenvalue weighted by molar-refractivity contribution is 0.169. The quantitative estimate of drug-likeness (QED) is 0.389. The zero-order valence-corrected chi connectivity index (χ0v) is 23.2. The lowest BCUT2D eigenvalue weighted by Gasteiger charge is -2.31. The fourth-order valence-corrected chi connectivity index (χ4v) is 6.43. The van der Waals surface area contributed by atoms with Gasteiger partial charge in [-0.3, -0.25) is 0 Å². The van der Waals surface area contributed by atoms with Gasteiger partial charge in [-0.25, -0.2) is 13.4 Å². The number of nitrogens with zero attached hydrogens (tertiary/aromatic N) is 2. The van der Waals surface area contributed by atoms with Crippen LogP contribution < -0.4 is 25.8 Å². The van der Waals surface area contributed by atoms with Crippen LogP contribution in [0, 0.1) is 6.92 Å². The number of halogens is 1. The first-order valence-corrected chi connectivity index (χ1v) is 14.7. The van der Waals surface area contributed by atoms with Crippen LogP contribution in [0.3, 0.4) is 0 Å². The summed E-state index contributed by atoms with van der Waals surface area (Å²) in [7, 11) is -3.56. The van der Waals surface area contributed by atoms with Crippen molar-refractivity contribution in [1.29, 1.82) is 0 Å². The van der Waals surface area contributed by atoms with E-state index < -0.39 is 15.1 Å². The molecule has 2 aromatic carbocycles. The number of ether oxygens (including phenoxy) is 2. The summed E-state index contributed by atoms with van der Waals surface area (Å²) in [5, 5.41) is 6.06. The molecule has 38 heavy (non-hydrogen) atoms. The lowest BCUT2D eigenvalue weighted by Crippen LogP contribution is -2.28. The van der Waals surface area contributed by atoms with Gasteiger partial charge in [0.1, 0.15) is 29.7 Å². The maximum Gasteiger partial charge on any atom is 0.229 e. The summed E-state index contributed by atoms with van der Waals surface area (Å²) >= 11 is 6.65. The van der Waals surface area contributed by atoms with Crippen molar-refractivity contribution < 1.29 is 17.9 Å². The number of nitrogens with one attached hydrogen (secondary N) is 2. The number of piperidine rings is 1. The molecule has 0 bridgehead atoms. The molecule has 0 unspecified atom stereocenters. The second-order valence-electron chi connectivity index (χ2n) is 9.84. The molecule has 3 aromatic rings. The number of hydrogen-bond donors (Lipinski definition) is 3. The summed E-state index contributed by atoms with van der Waals surface area (Å²) in [6.45, 7) is 8.12. The Morgan fingerprint density at radius 2 is 1.79 bits per heavy atom. The third-order valence-electron chi connectivity index (χ3n) is 7.00. The molecule has 4 N–H and O–H groups in total. The number of rotatable bonds is 6. The smallest absolute Gasteiger partial charge is 0.229 e. The number of aryl methyl sites for hydroxylation is 1. The molecule has 3 heterocycles. The van der Waals surface area contributed by atoms with E-state index in [0.29, 0.717) is 41.8 Å². The zero-order chi connectivity index (χ0) is 27.0. The summed E-state index contributed by atoms with van der Waals surface area (Å²) < 4.78 is 38.2. The van der Waals surface area contributed by atoms with Crippen molar-refractivity contribution >= 4 is 38.9 Å². The van der Waals surface area contributed by atoms with Crippen molar-refractivity contribution in [2.75, 3.05) is 37.4 Å². The van der Waals surface area contributed by atoms with Gasteiger partial charge in [-0.2, -0.15) is 4.98 Å². The third-order valence-corrected chi connectivity index (χ3v) is 9.58. The highest BCUT2D eigenvalue weighted by molar-refractivity contribution is 7.92. The molecular weight excluding hydrogens is 526 g/mol. The normalized spacial score (nSPS) is 16.0. The van der Waals surface area contributed by atoms with Gasteiger partial charge < -0.3 is 25.8 Å². The van der Waals surface area contributed by atoms with Gasteiger partial charge in [0, 0.05) is 11.1 Å². The van der Waals surface area contributed by atoms with E-state index in [1.165, 1.54) is 0 Å². The second kappa shape index (κ2) is 10.6. The summed E-state index contributed by atoms with van der Waals surface area (Å²) in [5.74, 6) is 1.87. The molecule has 1 fully saturated rings. The first-order valence-electron chi connectivity index (χ1n) is 12.8. The largest absolute Gasteiger partial charge is 0.486 e. The van der Waals surface area contributed by atoms with Crippen LogP contribution in [0.15, 0.2) is 35.2 Å². The maximum atomic E-state index is 13.0. The van der Waals surface area contributed by atoms with E-state index in [9.17, 15) is 8.42 Å². The van der Waals surface area contributed by atoms with Crippen molar-refractivity contribution in [2.45, 2.75) is 49.7 Å². The molecule has 11 heteroatoms. The molecule has 5 rings (SSSR count). The molecule has 2 aliphatic rings. The fraction of sp³-hybridized carbons (Fsp3) is 0.407. The molecule has 1 aromatic heterocycles. The molecule has 0 atom stereocenters. The molecule has 0 amide bonds. The summed E-state index contributed by atoms with van der Waals surface area (Å²) in [6.07, 6.45) is 2.04. The highest BCUT2D eigenvalue weighted by atomic mass is 35.5. The monoisotopic (exact) mass is 557 g/mol. The molecule has 202 valence electrons.